The first kappa shape index (κ1) is 26.9. The average molecular weight is 554 g/mol. The number of morpholine rings is 1. The Morgan fingerprint density at radius 3 is 2.62 bits per heavy atom. The van der Waals surface area contributed by atoms with Crippen LogP contribution in [0.25, 0.3) is 11.1 Å². The van der Waals surface area contributed by atoms with Gasteiger partial charge in [-0.25, -0.2) is 4.39 Å². The van der Waals surface area contributed by atoms with E-state index in [9.17, 15) is 9.59 Å². The van der Waals surface area contributed by atoms with Crippen LogP contribution in [0.5, 0.6) is 11.5 Å². The van der Waals surface area contributed by atoms with E-state index < -0.39 is 23.4 Å². The summed E-state index contributed by atoms with van der Waals surface area (Å²) in [5.74, 6) is -1.28. The van der Waals surface area contributed by atoms with Crippen molar-refractivity contribution in [3.05, 3.63) is 82.1 Å². The van der Waals surface area contributed by atoms with Gasteiger partial charge in [-0.05, 0) is 29.8 Å². The molecule has 8 nitrogen and oxygen atoms in total. The number of carbonyl (C=O) groups is 2. The molecule has 0 spiro atoms. The van der Waals surface area contributed by atoms with Crippen molar-refractivity contribution < 1.29 is 28.2 Å². The first-order chi connectivity index (χ1) is 18.7. The van der Waals surface area contributed by atoms with Crippen molar-refractivity contribution in [3.8, 4) is 22.6 Å². The van der Waals surface area contributed by atoms with Crippen LogP contribution in [0.15, 0.2) is 54.6 Å². The largest absolute Gasteiger partial charge is 0.488 e. The Morgan fingerprint density at radius 2 is 1.92 bits per heavy atom. The fraction of sp³-hybridized carbons (Fsp3) is 0.310. The molecule has 2 aliphatic heterocycles. The van der Waals surface area contributed by atoms with Crippen molar-refractivity contribution in [2.24, 2.45) is 11.5 Å². The van der Waals surface area contributed by atoms with E-state index in [4.69, 9.17) is 37.3 Å². The van der Waals surface area contributed by atoms with Gasteiger partial charge in [0.1, 0.15) is 18.5 Å². The third-order valence-corrected chi connectivity index (χ3v) is 7.56. The third-order valence-electron chi connectivity index (χ3n) is 7.25. The van der Waals surface area contributed by atoms with Gasteiger partial charge >= 0.3 is 0 Å². The number of ether oxygens (including phenoxy) is 3. The molecule has 0 radical (unpaired) electrons. The van der Waals surface area contributed by atoms with Gasteiger partial charge < -0.3 is 30.6 Å². The van der Waals surface area contributed by atoms with E-state index in [1.807, 2.05) is 30.3 Å². The SMILES string of the molecule is CC(=O)N1CCO[C@@H](COc2ccc(C(N)=O)c(-c3c(Cl)ccc4c3CC(CN)(c3ccccc3)O4)c2F)C1. The second-order valence-corrected chi connectivity index (χ2v) is 10.1. The molecule has 0 aliphatic carbocycles. The van der Waals surface area contributed by atoms with E-state index in [-0.39, 0.29) is 41.0 Å². The second kappa shape index (κ2) is 10.8. The molecule has 2 amide bonds. The van der Waals surface area contributed by atoms with Crippen LogP contribution in [0.2, 0.25) is 5.02 Å². The third kappa shape index (κ3) is 5.05. The van der Waals surface area contributed by atoms with Crippen LogP contribution in [0.1, 0.15) is 28.4 Å². The van der Waals surface area contributed by atoms with Gasteiger partial charge in [0.15, 0.2) is 17.2 Å². The molecule has 1 fully saturated rings. The Balaban J connectivity index is 1.53. The number of carbonyl (C=O) groups excluding carboxylic acids is 2. The smallest absolute Gasteiger partial charge is 0.249 e. The molecule has 0 bridgehead atoms. The van der Waals surface area contributed by atoms with E-state index in [1.54, 1.807) is 17.0 Å². The maximum Gasteiger partial charge on any atom is 0.249 e. The minimum atomic E-state index is -0.887. The lowest BCUT2D eigenvalue weighted by Crippen LogP contribution is -2.46. The number of halogens is 2. The van der Waals surface area contributed by atoms with Crippen molar-refractivity contribution in [2.45, 2.75) is 25.0 Å². The van der Waals surface area contributed by atoms with Gasteiger partial charge in [-0.2, -0.15) is 0 Å². The molecule has 39 heavy (non-hydrogen) atoms. The highest BCUT2D eigenvalue weighted by Gasteiger charge is 2.42. The number of amides is 2. The molecule has 10 heteroatoms. The van der Waals surface area contributed by atoms with Crippen molar-refractivity contribution >= 4 is 23.4 Å². The van der Waals surface area contributed by atoms with Crippen molar-refractivity contribution in [1.82, 2.24) is 4.90 Å². The maximum atomic E-state index is 16.2. The van der Waals surface area contributed by atoms with Gasteiger partial charge in [-0.1, -0.05) is 41.9 Å². The Labute approximate surface area is 230 Å². The zero-order valence-corrected chi connectivity index (χ0v) is 22.2. The molecular weight excluding hydrogens is 525 g/mol. The van der Waals surface area contributed by atoms with Gasteiger partial charge in [-0.3, -0.25) is 9.59 Å². The Bertz CT molecular complexity index is 1420. The number of hydrogen-bond donors (Lipinski definition) is 2. The summed E-state index contributed by atoms with van der Waals surface area (Å²) < 4.78 is 34.1. The first-order valence-electron chi connectivity index (χ1n) is 12.6. The summed E-state index contributed by atoms with van der Waals surface area (Å²) >= 11 is 6.67. The van der Waals surface area contributed by atoms with Crippen LogP contribution in [0.4, 0.5) is 4.39 Å². The molecule has 0 saturated carbocycles. The molecule has 2 heterocycles. The number of nitrogens with zero attached hydrogens (tertiary/aromatic N) is 1. The molecule has 4 N–H and O–H groups in total. The van der Waals surface area contributed by atoms with E-state index in [1.165, 1.54) is 19.1 Å². The number of hydrogen-bond acceptors (Lipinski definition) is 6. The molecule has 5 rings (SSSR count). The van der Waals surface area contributed by atoms with Crippen LogP contribution in [0.3, 0.4) is 0 Å². The minimum absolute atomic E-state index is 0.00406. The zero-order chi connectivity index (χ0) is 27.7. The summed E-state index contributed by atoms with van der Waals surface area (Å²) in [6.45, 7) is 2.84. The maximum absolute atomic E-state index is 16.2. The predicted octanol–water partition coefficient (Wildman–Crippen LogP) is 3.66. The summed E-state index contributed by atoms with van der Waals surface area (Å²) in [7, 11) is 0. The normalized spacial score (nSPS) is 20.3. The Morgan fingerprint density at radius 1 is 1.15 bits per heavy atom. The molecule has 2 atom stereocenters. The number of benzene rings is 3. The Hall–Kier alpha value is -3.66. The molecule has 3 aromatic rings. The molecule has 0 aromatic heterocycles. The van der Waals surface area contributed by atoms with E-state index >= 15 is 4.39 Å². The van der Waals surface area contributed by atoms with Gasteiger partial charge in [0.2, 0.25) is 11.8 Å². The first-order valence-corrected chi connectivity index (χ1v) is 13.0. The summed E-state index contributed by atoms with van der Waals surface area (Å²) in [5.41, 5.74) is 12.7. The molecular formula is C29H29ClFN3O5. The summed E-state index contributed by atoms with van der Waals surface area (Å²) in [6.07, 6.45) is -0.131. The van der Waals surface area contributed by atoms with Crippen molar-refractivity contribution in [1.29, 1.82) is 0 Å². The highest BCUT2D eigenvalue weighted by molar-refractivity contribution is 6.34. The van der Waals surface area contributed by atoms with Crippen LogP contribution in [-0.4, -0.2) is 55.7 Å². The average Bonchev–Trinajstić information content (AvgIpc) is 3.33. The number of fused-ring (bicyclic) bond motifs is 1. The fourth-order valence-corrected chi connectivity index (χ4v) is 5.49. The molecule has 3 aromatic carbocycles. The fourth-order valence-electron chi connectivity index (χ4n) is 5.22. The number of rotatable bonds is 7. The molecule has 1 unspecified atom stereocenters. The Kier molecular flexibility index (Phi) is 7.48. The van der Waals surface area contributed by atoms with Crippen molar-refractivity contribution in [2.75, 3.05) is 32.8 Å². The topological polar surface area (TPSA) is 117 Å². The quantitative estimate of drug-likeness (QED) is 0.461. The highest BCUT2D eigenvalue weighted by Crippen LogP contribution is 2.49. The lowest BCUT2D eigenvalue weighted by molar-refractivity contribution is -0.137. The van der Waals surface area contributed by atoms with E-state index in [2.05, 4.69) is 0 Å². The van der Waals surface area contributed by atoms with Gasteiger partial charge in [0, 0.05) is 48.1 Å². The molecule has 204 valence electrons. The summed E-state index contributed by atoms with van der Waals surface area (Å²) in [5, 5.41) is 0.226. The molecule has 1 saturated heterocycles. The van der Waals surface area contributed by atoms with Crippen LogP contribution >= 0.6 is 11.6 Å². The number of primary amides is 1. The van der Waals surface area contributed by atoms with E-state index in [0.29, 0.717) is 43.0 Å². The van der Waals surface area contributed by atoms with Crippen LogP contribution < -0.4 is 20.9 Å². The second-order valence-electron chi connectivity index (χ2n) is 9.68. The lowest BCUT2D eigenvalue weighted by atomic mass is 9.85. The number of nitrogens with two attached hydrogens (primary N) is 2. The van der Waals surface area contributed by atoms with Crippen LogP contribution in [0, 0.1) is 5.82 Å². The monoisotopic (exact) mass is 553 g/mol. The predicted molar refractivity (Wildman–Crippen MR) is 144 cm³/mol. The van der Waals surface area contributed by atoms with Gasteiger partial charge in [0.25, 0.3) is 0 Å². The standard InChI is InChI=1S/C29H29ClFN3O5/c1-17(35)34-11-12-37-19(14-34)15-38-24-9-7-20(28(33)36)26(27(24)31)25-21-13-29(16-32,18-5-3-2-4-6-18)39-23(21)10-8-22(25)30/h2-10,19H,11-16,32H2,1H3,(H2,33,36)/t19-,29?/m1/s1. The highest BCUT2D eigenvalue weighted by atomic mass is 35.5. The van der Waals surface area contributed by atoms with Crippen molar-refractivity contribution in [3.63, 3.8) is 0 Å². The summed E-state index contributed by atoms with van der Waals surface area (Å²) in [6, 6.07) is 15.6. The van der Waals surface area contributed by atoms with E-state index in [0.717, 1.165) is 5.56 Å². The summed E-state index contributed by atoms with van der Waals surface area (Å²) in [4.78, 5) is 25.8. The lowest BCUT2D eigenvalue weighted by Gasteiger charge is -2.32. The molecule has 2 aliphatic rings. The van der Waals surface area contributed by atoms with Gasteiger partial charge in [0.05, 0.1) is 18.7 Å². The van der Waals surface area contributed by atoms with Crippen LogP contribution in [-0.2, 0) is 21.6 Å². The zero-order valence-electron chi connectivity index (χ0n) is 21.4. The minimum Gasteiger partial charge on any atom is -0.488 e. The van der Waals surface area contributed by atoms with Gasteiger partial charge in [-0.15, -0.1) is 0 Å².